The van der Waals surface area contributed by atoms with Crippen molar-refractivity contribution in [2.24, 2.45) is 0 Å². The SMILES string of the molecule is COC1(C)CCCN(Cc2ccc(O)c(Cl)c2)C1. The van der Waals surface area contributed by atoms with Crippen LogP contribution in [0.5, 0.6) is 5.75 Å². The number of hydrogen-bond donors (Lipinski definition) is 1. The minimum atomic E-state index is -0.0427. The molecule has 1 atom stereocenters. The monoisotopic (exact) mass is 269 g/mol. The van der Waals surface area contributed by atoms with E-state index in [1.807, 2.05) is 12.1 Å². The number of rotatable bonds is 3. The Kier molecular flexibility index (Phi) is 4.15. The second-order valence-corrected chi connectivity index (χ2v) is 5.66. The molecule has 1 aliphatic rings. The van der Waals surface area contributed by atoms with Crippen LogP contribution in [-0.4, -0.2) is 35.8 Å². The van der Waals surface area contributed by atoms with E-state index in [4.69, 9.17) is 16.3 Å². The van der Waals surface area contributed by atoms with Gasteiger partial charge in [0.2, 0.25) is 0 Å². The molecule has 1 aliphatic heterocycles. The molecular formula is C14H20ClNO2. The number of phenols is 1. The van der Waals surface area contributed by atoms with E-state index in [-0.39, 0.29) is 11.4 Å². The Morgan fingerprint density at radius 1 is 1.50 bits per heavy atom. The summed E-state index contributed by atoms with van der Waals surface area (Å²) in [7, 11) is 1.78. The number of ether oxygens (including phenoxy) is 1. The number of likely N-dealkylation sites (tertiary alicyclic amines) is 1. The Morgan fingerprint density at radius 3 is 2.94 bits per heavy atom. The Morgan fingerprint density at radius 2 is 2.28 bits per heavy atom. The van der Waals surface area contributed by atoms with Crippen LogP contribution in [0.15, 0.2) is 18.2 Å². The van der Waals surface area contributed by atoms with Crippen molar-refractivity contribution < 1.29 is 9.84 Å². The maximum atomic E-state index is 9.41. The molecule has 1 heterocycles. The van der Waals surface area contributed by atoms with Crippen LogP contribution in [0.2, 0.25) is 5.02 Å². The summed E-state index contributed by atoms with van der Waals surface area (Å²) in [4.78, 5) is 2.37. The summed E-state index contributed by atoms with van der Waals surface area (Å²) in [5, 5.41) is 9.82. The van der Waals surface area contributed by atoms with Gasteiger partial charge in [-0.25, -0.2) is 0 Å². The highest BCUT2D eigenvalue weighted by Gasteiger charge is 2.30. The molecule has 1 N–H and O–H groups in total. The highest BCUT2D eigenvalue weighted by atomic mass is 35.5. The minimum Gasteiger partial charge on any atom is -0.506 e. The van der Waals surface area contributed by atoms with Crippen molar-refractivity contribution in [3.63, 3.8) is 0 Å². The summed E-state index contributed by atoms with van der Waals surface area (Å²) >= 11 is 5.92. The Labute approximate surface area is 113 Å². The van der Waals surface area contributed by atoms with Crippen LogP contribution in [0.3, 0.4) is 0 Å². The van der Waals surface area contributed by atoms with Gasteiger partial charge in [0.05, 0.1) is 10.6 Å². The maximum absolute atomic E-state index is 9.41. The van der Waals surface area contributed by atoms with Crippen molar-refractivity contribution in [1.29, 1.82) is 0 Å². The summed E-state index contributed by atoms with van der Waals surface area (Å²) in [6.07, 6.45) is 2.26. The molecule has 1 unspecified atom stereocenters. The molecule has 1 fully saturated rings. The molecule has 0 aliphatic carbocycles. The first kappa shape index (κ1) is 13.7. The van der Waals surface area contributed by atoms with Gasteiger partial charge in [-0.2, -0.15) is 0 Å². The molecule has 0 radical (unpaired) electrons. The fourth-order valence-electron chi connectivity index (χ4n) is 2.52. The maximum Gasteiger partial charge on any atom is 0.134 e. The third-order valence-corrected chi connectivity index (χ3v) is 3.95. The zero-order chi connectivity index (χ0) is 13.2. The van der Waals surface area contributed by atoms with Crippen LogP contribution in [0.25, 0.3) is 0 Å². The van der Waals surface area contributed by atoms with Gasteiger partial charge in [-0.15, -0.1) is 0 Å². The molecule has 100 valence electrons. The number of piperidine rings is 1. The number of hydrogen-bond acceptors (Lipinski definition) is 3. The molecule has 2 rings (SSSR count). The fourth-order valence-corrected chi connectivity index (χ4v) is 2.72. The first-order valence-corrected chi connectivity index (χ1v) is 6.65. The summed E-state index contributed by atoms with van der Waals surface area (Å²) in [5.41, 5.74) is 1.08. The highest BCUT2D eigenvalue weighted by molar-refractivity contribution is 6.32. The van der Waals surface area contributed by atoms with E-state index < -0.39 is 0 Å². The molecule has 3 nitrogen and oxygen atoms in total. The van der Waals surface area contributed by atoms with E-state index >= 15 is 0 Å². The molecule has 1 aromatic rings. The lowest BCUT2D eigenvalue weighted by Gasteiger charge is -2.39. The quantitative estimate of drug-likeness (QED) is 0.916. The lowest BCUT2D eigenvalue weighted by molar-refractivity contribution is -0.0527. The zero-order valence-electron chi connectivity index (χ0n) is 10.9. The Hall–Kier alpha value is -0.770. The van der Waals surface area contributed by atoms with Crippen LogP contribution in [0, 0.1) is 0 Å². The highest BCUT2D eigenvalue weighted by Crippen LogP contribution is 2.27. The van der Waals surface area contributed by atoms with Crippen molar-refractivity contribution in [1.82, 2.24) is 4.90 Å². The van der Waals surface area contributed by atoms with E-state index in [2.05, 4.69) is 11.8 Å². The van der Waals surface area contributed by atoms with Crippen LogP contribution < -0.4 is 0 Å². The third-order valence-electron chi connectivity index (χ3n) is 3.65. The Balaban J connectivity index is 2.02. The molecule has 1 saturated heterocycles. The first-order chi connectivity index (χ1) is 8.52. The zero-order valence-corrected chi connectivity index (χ0v) is 11.7. The number of phenolic OH excluding ortho intramolecular Hbond substituents is 1. The van der Waals surface area contributed by atoms with Crippen molar-refractivity contribution in [2.75, 3.05) is 20.2 Å². The van der Waals surface area contributed by atoms with Crippen LogP contribution in [0.4, 0.5) is 0 Å². The topological polar surface area (TPSA) is 32.7 Å². The van der Waals surface area contributed by atoms with Gasteiger partial charge in [0.15, 0.2) is 0 Å². The van der Waals surface area contributed by atoms with Gasteiger partial charge < -0.3 is 9.84 Å². The van der Waals surface area contributed by atoms with Crippen LogP contribution in [-0.2, 0) is 11.3 Å². The van der Waals surface area contributed by atoms with Gasteiger partial charge in [0, 0.05) is 20.2 Å². The number of methoxy groups -OCH3 is 1. The summed E-state index contributed by atoms with van der Waals surface area (Å²) < 4.78 is 5.58. The van der Waals surface area contributed by atoms with Crippen molar-refractivity contribution >= 4 is 11.6 Å². The largest absolute Gasteiger partial charge is 0.506 e. The summed E-state index contributed by atoms with van der Waals surface area (Å²) in [6, 6.07) is 5.40. The average Bonchev–Trinajstić information content (AvgIpc) is 2.34. The second kappa shape index (κ2) is 5.47. The van der Waals surface area contributed by atoms with Crippen molar-refractivity contribution in [3.05, 3.63) is 28.8 Å². The summed E-state index contributed by atoms with van der Waals surface area (Å²) in [6.45, 7) is 5.02. The van der Waals surface area contributed by atoms with Gasteiger partial charge in [0.25, 0.3) is 0 Å². The van der Waals surface area contributed by atoms with E-state index in [0.717, 1.165) is 38.0 Å². The molecule has 0 bridgehead atoms. The van der Waals surface area contributed by atoms with Gasteiger partial charge in [-0.1, -0.05) is 17.7 Å². The third kappa shape index (κ3) is 3.16. The number of halogens is 1. The van der Waals surface area contributed by atoms with Crippen LogP contribution in [0.1, 0.15) is 25.3 Å². The van der Waals surface area contributed by atoms with Gasteiger partial charge >= 0.3 is 0 Å². The number of benzene rings is 1. The molecule has 1 aromatic carbocycles. The van der Waals surface area contributed by atoms with Gasteiger partial charge in [0.1, 0.15) is 5.75 Å². The number of aromatic hydroxyl groups is 1. The molecule has 4 heteroatoms. The predicted molar refractivity (Wildman–Crippen MR) is 73.0 cm³/mol. The van der Waals surface area contributed by atoms with Gasteiger partial charge in [-0.05, 0) is 44.0 Å². The lowest BCUT2D eigenvalue weighted by atomic mass is 9.94. The van der Waals surface area contributed by atoms with Crippen LogP contribution >= 0.6 is 11.6 Å². The predicted octanol–water partition coefficient (Wildman–Crippen LogP) is 3.05. The number of nitrogens with zero attached hydrogens (tertiary/aromatic N) is 1. The second-order valence-electron chi connectivity index (χ2n) is 5.25. The van der Waals surface area contributed by atoms with E-state index in [0.29, 0.717) is 5.02 Å². The fraction of sp³-hybridized carbons (Fsp3) is 0.571. The van der Waals surface area contributed by atoms with Gasteiger partial charge in [-0.3, -0.25) is 4.90 Å². The normalized spacial score (nSPS) is 25.3. The lowest BCUT2D eigenvalue weighted by Crippen LogP contribution is -2.46. The molecular weight excluding hydrogens is 250 g/mol. The molecule has 0 spiro atoms. The first-order valence-electron chi connectivity index (χ1n) is 6.27. The smallest absolute Gasteiger partial charge is 0.134 e. The van der Waals surface area contributed by atoms with Crippen molar-refractivity contribution in [3.8, 4) is 5.75 Å². The average molecular weight is 270 g/mol. The van der Waals surface area contributed by atoms with E-state index in [1.54, 1.807) is 13.2 Å². The molecule has 0 saturated carbocycles. The van der Waals surface area contributed by atoms with E-state index in [9.17, 15) is 5.11 Å². The molecule has 18 heavy (non-hydrogen) atoms. The van der Waals surface area contributed by atoms with Crippen molar-refractivity contribution in [2.45, 2.75) is 31.9 Å². The Bertz CT molecular complexity index is 424. The van der Waals surface area contributed by atoms with E-state index in [1.165, 1.54) is 0 Å². The molecule has 0 aromatic heterocycles. The minimum absolute atomic E-state index is 0.0427. The summed E-state index contributed by atoms with van der Waals surface area (Å²) in [5.74, 6) is 0.140. The standard InChI is InChI=1S/C14H20ClNO2/c1-14(18-2)6-3-7-16(10-14)9-11-4-5-13(17)12(15)8-11/h4-5,8,17H,3,6-7,9-10H2,1-2H3. The molecule has 0 amide bonds.